The SMILES string of the molecule is O=C(NCc1ccc(F)cc1)c1cc(Br)cnc1O. The van der Waals surface area contributed by atoms with Crippen LogP contribution in [0.3, 0.4) is 0 Å². The predicted molar refractivity (Wildman–Crippen MR) is 71.2 cm³/mol. The summed E-state index contributed by atoms with van der Waals surface area (Å²) in [4.78, 5) is 15.5. The Morgan fingerprint density at radius 3 is 2.74 bits per heavy atom. The van der Waals surface area contributed by atoms with Crippen LogP contribution in [0, 0.1) is 5.82 Å². The summed E-state index contributed by atoms with van der Waals surface area (Å²) in [6, 6.07) is 7.27. The topological polar surface area (TPSA) is 62.2 Å². The van der Waals surface area contributed by atoms with Crippen molar-refractivity contribution in [2.24, 2.45) is 0 Å². The van der Waals surface area contributed by atoms with Crippen LogP contribution < -0.4 is 5.32 Å². The highest BCUT2D eigenvalue weighted by Crippen LogP contribution is 2.18. The molecule has 98 valence electrons. The number of carbonyl (C=O) groups is 1. The molecule has 1 heterocycles. The number of hydrogen-bond acceptors (Lipinski definition) is 3. The Kier molecular flexibility index (Phi) is 4.11. The second-order valence-corrected chi connectivity index (χ2v) is 4.75. The predicted octanol–water partition coefficient (Wildman–Crippen LogP) is 2.62. The Labute approximate surface area is 117 Å². The van der Waals surface area contributed by atoms with E-state index < -0.39 is 5.91 Å². The van der Waals surface area contributed by atoms with Crippen LogP contribution in [-0.2, 0) is 6.54 Å². The minimum Gasteiger partial charge on any atom is -0.493 e. The van der Waals surface area contributed by atoms with Gasteiger partial charge in [0.15, 0.2) is 0 Å². The van der Waals surface area contributed by atoms with Gasteiger partial charge in [0.25, 0.3) is 5.91 Å². The third kappa shape index (κ3) is 3.51. The number of amides is 1. The fourth-order valence-electron chi connectivity index (χ4n) is 1.48. The lowest BCUT2D eigenvalue weighted by atomic mass is 10.2. The van der Waals surface area contributed by atoms with Crippen molar-refractivity contribution in [3.63, 3.8) is 0 Å². The van der Waals surface area contributed by atoms with E-state index in [1.807, 2.05) is 0 Å². The molecule has 2 rings (SSSR count). The van der Waals surface area contributed by atoms with Gasteiger partial charge >= 0.3 is 0 Å². The van der Waals surface area contributed by atoms with Crippen molar-refractivity contribution in [3.8, 4) is 5.88 Å². The van der Waals surface area contributed by atoms with E-state index in [4.69, 9.17) is 0 Å². The Morgan fingerprint density at radius 2 is 2.05 bits per heavy atom. The summed E-state index contributed by atoms with van der Waals surface area (Å²) in [5.74, 6) is -1.11. The smallest absolute Gasteiger partial charge is 0.257 e. The van der Waals surface area contributed by atoms with Crippen molar-refractivity contribution in [1.29, 1.82) is 0 Å². The molecule has 0 unspecified atom stereocenters. The molecule has 0 bridgehead atoms. The van der Waals surface area contributed by atoms with Gasteiger partial charge in [-0.2, -0.15) is 0 Å². The summed E-state index contributed by atoms with van der Waals surface area (Å²) < 4.78 is 13.3. The van der Waals surface area contributed by atoms with Crippen molar-refractivity contribution >= 4 is 21.8 Å². The normalized spacial score (nSPS) is 10.2. The highest BCUT2D eigenvalue weighted by molar-refractivity contribution is 9.10. The molecule has 0 aliphatic rings. The third-order valence-electron chi connectivity index (χ3n) is 2.44. The quantitative estimate of drug-likeness (QED) is 0.912. The summed E-state index contributed by atoms with van der Waals surface area (Å²) in [6.07, 6.45) is 1.39. The molecule has 19 heavy (non-hydrogen) atoms. The first-order valence-electron chi connectivity index (χ1n) is 5.43. The van der Waals surface area contributed by atoms with Crippen LogP contribution in [0.1, 0.15) is 15.9 Å². The molecule has 0 aliphatic heterocycles. The zero-order valence-electron chi connectivity index (χ0n) is 9.73. The Morgan fingerprint density at radius 1 is 1.37 bits per heavy atom. The molecule has 0 saturated carbocycles. The number of aromatic nitrogens is 1. The lowest BCUT2D eigenvalue weighted by Crippen LogP contribution is -2.23. The molecular formula is C13H10BrFN2O2. The standard InChI is InChI=1S/C13H10BrFN2O2/c14-9-5-11(13(19)17-7-9)12(18)16-6-8-1-3-10(15)4-2-8/h1-5,7H,6H2,(H,16,18)(H,17,19). The van der Waals surface area contributed by atoms with Gasteiger partial charge in [-0.1, -0.05) is 12.1 Å². The van der Waals surface area contributed by atoms with Crippen LogP contribution in [0.2, 0.25) is 0 Å². The number of aromatic hydroxyl groups is 1. The number of rotatable bonds is 3. The van der Waals surface area contributed by atoms with Gasteiger partial charge in [0, 0.05) is 17.2 Å². The minimum absolute atomic E-state index is 0.0801. The lowest BCUT2D eigenvalue weighted by molar-refractivity contribution is 0.0947. The minimum atomic E-state index is -0.448. The zero-order chi connectivity index (χ0) is 13.8. The summed E-state index contributed by atoms with van der Waals surface area (Å²) in [5, 5.41) is 12.1. The van der Waals surface area contributed by atoms with Gasteiger partial charge < -0.3 is 10.4 Å². The second-order valence-electron chi connectivity index (χ2n) is 3.83. The largest absolute Gasteiger partial charge is 0.493 e. The monoisotopic (exact) mass is 324 g/mol. The van der Waals surface area contributed by atoms with Crippen LogP contribution in [0.25, 0.3) is 0 Å². The highest BCUT2D eigenvalue weighted by atomic mass is 79.9. The lowest BCUT2D eigenvalue weighted by Gasteiger charge is -2.06. The van der Waals surface area contributed by atoms with Crippen LogP contribution >= 0.6 is 15.9 Å². The summed E-state index contributed by atoms with van der Waals surface area (Å²) in [5.41, 5.74) is 0.841. The van der Waals surface area contributed by atoms with E-state index in [0.717, 1.165) is 5.56 Å². The van der Waals surface area contributed by atoms with Crippen LogP contribution in [-0.4, -0.2) is 16.0 Å². The van der Waals surface area contributed by atoms with Crippen LogP contribution in [0.15, 0.2) is 41.0 Å². The molecule has 4 nitrogen and oxygen atoms in total. The molecule has 1 amide bonds. The van der Waals surface area contributed by atoms with Crippen molar-refractivity contribution in [3.05, 3.63) is 57.9 Å². The summed E-state index contributed by atoms with van der Waals surface area (Å²) in [6.45, 7) is 0.241. The van der Waals surface area contributed by atoms with Gasteiger partial charge in [-0.05, 0) is 39.7 Å². The Balaban J connectivity index is 2.05. The number of pyridine rings is 1. The van der Waals surface area contributed by atoms with E-state index >= 15 is 0 Å². The average molecular weight is 325 g/mol. The molecule has 0 aliphatic carbocycles. The number of hydrogen-bond donors (Lipinski definition) is 2. The van der Waals surface area contributed by atoms with Crippen molar-refractivity contribution in [2.45, 2.75) is 6.54 Å². The molecule has 1 aromatic heterocycles. The first-order valence-corrected chi connectivity index (χ1v) is 6.22. The van der Waals surface area contributed by atoms with Gasteiger partial charge in [0.1, 0.15) is 11.4 Å². The van der Waals surface area contributed by atoms with E-state index in [0.29, 0.717) is 4.47 Å². The van der Waals surface area contributed by atoms with Gasteiger partial charge in [-0.25, -0.2) is 9.37 Å². The molecule has 0 atom stereocenters. The van der Waals surface area contributed by atoms with E-state index in [-0.39, 0.29) is 23.8 Å². The zero-order valence-corrected chi connectivity index (χ0v) is 11.3. The van der Waals surface area contributed by atoms with Crippen LogP contribution in [0.5, 0.6) is 5.88 Å². The molecule has 0 fully saturated rings. The average Bonchev–Trinajstić information content (AvgIpc) is 2.40. The number of benzene rings is 1. The summed E-state index contributed by atoms with van der Waals surface area (Å²) >= 11 is 3.17. The van der Waals surface area contributed by atoms with Crippen molar-refractivity contribution in [1.82, 2.24) is 10.3 Å². The van der Waals surface area contributed by atoms with Gasteiger partial charge in [0.2, 0.25) is 5.88 Å². The Bertz CT molecular complexity index is 602. The number of halogens is 2. The Hall–Kier alpha value is -1.95. The number of nitrogens with zero attached hydrogens (tertiary/aromatic N) is 1. The summed E-state index contributed by atoms with van der Waals surface area (Å²) in [7, 11) is 0. The van der Waals surface area contributed by atoms with E-state index in [1.54, 1.807) is 12.1 Å². The number of carbonyl (C=O) groups excluding carboxylic acids is 1. The second kappa shape index (κ2) is 5.79. The molecule has 2 aromatic rings. The number of nitrogens with one attached hydrogen (secondary N) is 1. The first kappa shape index (κ1) is 13.5. The van der Waals surface area contributed by atoms with E-state index in [9.17, 15) is 14.3 Å². The van der Waals surface area contributed by atoms with Gasteiger partial charge in [-0.3, -0.25) is 4.79 Å². The maximum atomic E-state index is 12.7. The molecule has 0 spiro atoms. The fraction of sp³-hybridized carbons (Fsp3) is 0.0769. The molecule has 0 radical (unpaired) electrons. The molecule has 0 saturated heterocycles. The van der Waals surface area contributed by atoms with E-state index in [1.165, 1.54) is 24.4 Å². The van der Waals surface area contributed by atoms with Crippen LogP contribution in [0.4, 0.5) is 4.39 Å². The first-order chi connectivity index (χ1) is 9.06. The highest BCUT2D eigenvalue weighted by Gasteiger charge is 2.12. The van der Waals surface area contributed by atoms with Gasteiger partial charge in [0.05, 0.1) is 0 Å². The van der Waals surface area contributed by atoms with Crippen molar-refractivity contribution in [2.75, 3.05) is 0 Å². The van der Waals surface area contributed by atoms with Crippen molar-refractivity contribution < 1.29 is 14.3 Å². The molecular weight excluding hydrogens is 315 g/mol. The van der Waals surface area contributed by atoms with Gasteiger partial charge in [-0.15, -0.1) is 0 Å². The molecule has 2 N–H and O–H groups in total. The fourth-order valence-corrected chi connectivity index (χ4v) is 1.81. The maximum Gasteiger partial charge on any atom is 0.257 e. The molecule has 6 heteroatoms. The third-order valence-corrected chi connectivity index (χ3v) is 2.88. The molecule has 1 aromatic carbocycles. The van der Waals surface area contributed by atoms with E-state index in [2.05, 4.69) is 26.2 Å². The maximum absolute atomic E-state index is 12.7.